The van der Waals surface area contributed by atoms with E-state index in [0.717, 1.165) is 37.7 Å². The summed E-state index contributed by atoms with van der Waals surface area (Å²) in [5, 5.41) is 0. The van der Waals surface area contributed by atoms with Crippen molar-refractivity contribution in [1.29, 1.82) is 0 Å². The molecule has 0 bridgehead atoms. The van der Waals surface area contributed by atoms with Crippen molar-refractivity contribution in [2.24, 2.45) is 0 Å². The van der Waals surface area contributed by atoms with Crippen LogP contribution in [0.1, 0.15) is 54.4 Å². The summed E-state index contributed by atoms with van der Waals surface area (Å²) in [5.74, 6) is 0.826. The molecule has 0 radical (unpaired) electrons. The number of hydrogen-bond acceptors (Lipinski definition) is 6. The molecule has 0 unspecified atom stereocenters. The first-order valence-electron chi connectivity index (χ1n) is 11.9. The minimum atomic E-state index is -3.67. The third-order valence-electron chi connectivity index (χ3n) is 5.40. The van der Waals surface area contributed by atoms with E-state index in [0.29, 0.717) is 30.1 Å². The molecule has 0 aliphatic rings. The van der Waals surface area contributed by atoms with Crippen LogP contribution in [0.5, 0.6) is 11.5 Å². The van der Waals surface area contributed by atoms with Crippen LogP contribution in [0.4, 0.5) is 0 Å². The average molecular weight is 497 g/mol. The number of benzene rings is 3. The quantitative estimate of drug-likeness (QED) is 0.112. The highest BCUT2D eigenvalue weighted by atomic mass is 32.2. The Balaban J connectivity index is 1.22. The number of rotatable bonds is 14. The SMILES string of the molecule is Cc1ccc(S(=O)(=O)OCCCCCCCCOc2ccc(C(=O)Oc3ccccc3)cc2)cc1. The van der Waals surface area contributed by atoms with Crippen LogP contribution in [0.3, 0.4) is 0 Å². The molecule has 0 atom stereocenters. The van der Waals surface area contributed by atoms with E-state index < -0.39 is 16.1 Å². The first kappa shape index (κ1) is 26.4. The predicted molar refractivity (Wildman–Crippen MR) is 135 cm³/mol. The van der Waals surface area contributed by atoms with Crippen molar-refractivity contribution in [2.75, 3.05) is 13.2 Å². The van der Waals surface area contributed by atoms with Crippen LogP contribution in [-0.2, 0) is 14.3 Å². The fraction of sp³-hybridized carbons (Fsp3) is 0.321. The van der Waals surface area contributed by atoms with Crippen molar-refractivity contribution in [3.8, 4) is 11.5 Å². The molecule has 6 nitrogen and oxygen atoms in total. The summed E-state index contributed by atoms with van der Waals surface area (Å²) in [4.78, 5) is 12.4. The zero-order chi connectivity index (χ0) is 24.9. The lowest BCUT2D eigenvalue weighted by Crippen LogP contribution is -2.08. The van der Waals surface area contributed by atoms with Crippen molar-refractivity contribution in [3.05, 3.63) is 90.0 Å². The Hall–Kier alpha value is -3.16. The lowest BCUT2D eigenvalue weighted by molar-refractivity contribution is 0.0734. The maximum Gasteiger partial charge on any atom is 0.343 e. The lowest BCUT2D eigenvalue weighted by Gasteiger charge is -2.08. The number of esters is 1. The molecule has 0 aromatic heterocycles. The van der Waals surface area contributed by atoms with Crippen LogP contribution in [0.25, 0.3) is 0 Å². The summed E-state index contributed by atoms with van der Waals surface area (Å²) in [6, 6.07) is 22.6. The Labute approximate surface area is 208 Å². The van der Waals surface area contributed by atoms with Gasteiger partial charge < -0.3 is 9.47 Å². The van der Waals surface area contributed by atoms with Gasteiger partial charge in [0.15, 0.2) is 0 Å². The number of carbonyl (C=O) groups is 1. The summed E-state index contributed by atoms with van der Waals surface area (Å²) >= 11 is 0. The Bertz CT molecular complexity index is 1140. The molecular formula is C28H32O6S. The van der Waals surface area contributed by atoms with Gasteiger partial charge in [0, 0.05) is 0 Å². The largest absolute Gasteiger partial charge is 0.494 e. The Kier molecular flexibility index (Phi) is 10.3. The van der Waals surface area contributed by atoms with E-state index in [-0.39, 0.29) is 11.5 Å². The molecule has 0 heterocycles. The highest BCUT2D eigenvalue weighted by Crippen LogP contribution is 2.17. The topological polar surface area (TPSA) is 78.9 Å². The third-order valence-corrected chi connectivity index (χ3v) is 6.73. The van der Waals surface area contributed by atoms with E-state index in [9.17, 15) is 13.2 Å². The predicted octanol–water partition coefficient (Wildman–Crippen LogP) is 6.34. The van der Waals surface area contributed by atoms with Gasteiger partial charge in [-0.05, 0) is 68.3 Å². The van der Waals surface area contributed by atoms with Crippen LogP contribution in [-0.4, -0.2) is 27.6 Å². The number of unbranched alkanes of at least 4 members (excludes halogenated alkanes) is 5. The Morgan fingerprint density at radius 2 is 1.29 bits per heavy atom. The second-order valence-electron chi connectivity index (χ2n) is 8.29. The summed E-state index contributed by atoms with van der Waals surface area (Å²) < 4.78 is 40.5. The molecule has 186 valence electrons. The molecule has 0 spiro atoms. The van der Waals surface area contributed by atoms with Crippen molar-refractivity contribution >= 4 is 16.1 Å². The van der Waals surface area contributed by atoms with Gasteiger partial charge in [0.25, 0.3) is 10.1 Å². The molecule has 0 saturated carbocycles. The Morgan fingerprint density at radius 3 is 1.94 bits per heavy atom. The van der Waals surface area contributed by atoms with Gasteiger partial charge in [0.1, 0.15) is 11.5 Å². The maximum absolute atomic E-state index is 12.2. The minimum Gasteiger partial charge on any atom is -0.494 e. The van der Waals surface area contributed by atoms with Gasteiger partial charge in [-0.25, -0.2) is 4.79 Å². The van der Waals surface area contributed by atoms with Crippen LogP contribution in [0, 0.1) is 6.92 Å². The molecule has 0 saturated heterocycles. The number of hydrogen-bond donors (Lipinski definition) is 0. The number of para-hydroxylation sites is 1. The van der Waals surface area contributed by atoms with Gasteiger partial charge in [0.05, 0.1) is 23.7 Å². The second kappa shape index (κ2) is 13.7. The molecule has 0 N–H and O–H groups in total. The van der Waals surface area contributed by atoms with E-state index in [1.54, 1.807) is 60.7 Å². The van der Waals surface area contributed by atoms with Crippen LogP contribution in [0.15, 0.2) is 83.8 Å². The highest BCUT2D eigenvalue weighted by molar-refractivity contribution is 7.86. The van der Waals surface area contributed by atoms with Crippen LogP contribution in [0.2, 0.25) is 0 Å². The number of ether oxygens (including phenoxy) is 2. The fourth-order valence-electron chi connectivity index (χ4n) is 3.38. The minimum absolute atomic E-state index is 0.199. The van der Waals surface area contributed by atoms with Crippen LogP contribution >= 0.6 is 0 Å². The van der Waals surface area contributed by atoms with E-state index in [1.165, 1.54) is 0 Å². The van der Waals surface area contributed by atoms with E-state index in [2.05, 4.69) is 0 Å². The first-order valence-corrected chi connectivity index (χ1v) is 13.3. The molecule has 35 heavy (non-hydrogen) atoms. The second-order valence-corrected chi connectivity index (χ2v) is 9.90. The molecule has 0 aliphatic carbocycles. The summed E-state index contributed by atoms with van der Waals surface area (Å²) in [6.45, 7) is 2.72. The molecule has 0 aliphatic heterocycles. The summed E-state index contributed by atoms with van der Waals surface area (Å²) in [6.07, 6.45) is 5.66. The first-order chi connectivity index (χ1) is 16.9. The van der Waals surface area contributed by atoms with Crippen molar-refractivity contribution in [2.45, 2.75) is 50.3 Å². The molecule has 3 aromatic rings. The Morgan fingerprint density at radius 1 is 0.686 bits per heavy atom. The summed E-state index contributed by atoms with van der Waals surface area (Å²) in [5.41, 5.74) is 1.48. The molecule has 7 heteroatoms. The molecule has 3 aromatic carbocycles. The molecule has 3 rings (SSSR count). The smallest absolute Gasteiger partial charge is 0.343 e. The molecular weight excluding hydrogens is 464 g/mol. The molecule has 0 amide bonds. The van der Waals surface area contributed by atoms with Crippen molar-refractivity contribution in [1.82, 2.24) is 0 Å². The summed E-state index contributed by atoms with van der Waals surface area (Å²) in [7, 11) is -3.67. The van der Waals surface area contributed by atoms with Gasteiger partial charge in [-0.15, -0.1) is 0 Å². The van der Waals surface area contributed by atoms with E-state index in [1.807, 2.05) is 25.1 Å². The van der Waals surface area contributed by atoms with Crippen LogP contribution < -0.4 is 9.47 Å². The van der Waals surface area contributed by atoms with Gasteiger partial charge >= 0.3 is 5.97 Å². The van der Waals surface area contributed by atoms with E-state index in [4.69, 9.17) is 13.7 Å². The monoisotopic (exact) mass is 496 g/mol. The maximum atomic E-state index is 12.2. The highest BCUT2D eigenvalue weighted by Gasteiger charge is 2.14. The number of aryl methyl sites for hydroxylation is 1. The van der Waals surface area contributed by atoms with Crippen molar-refractivity contribution < 1.29 is 26.9 Å². The van der Waals surface area contributed by atoms with Gasteiger partial charge in [-0.2, -0.15) is 8.42 Å². The van der Waals surface area contributed by atoms with Gasteiger partial charge in [0.2, 0.25) is 0 Å². The average Bonchev–Trinajstić information content (AvgIpc) is 2.86. The van der Waals surface area contributed by atoms with Gasteiger partial charge in [-0.3, -0.25) is 4.18 Å². The zero-order valence-electron chi connectivity index (χ0n) is 20.0. The van der Waals surface area contributed by atoms with Gasteiger partial charge in [-0.1, -0.05) is 61.6 Å². The lowest BCUT2D eigenvalue weighted by atomic mass is 10.1. The fourth-order valence-corrected chi connectivity index (χ4v) is 4.33. The third kappa shape index (κ3) is 9.19. The zero-order valence-corrected chi connectivity index (χ0v) is 20.8. The van der Waals surface area contributed by atoms with E-state index >= 15 is 0 Å². The normalized spacial score (nSPS) is 11.2. The standard InChI is InChI=1S/C28H32O6S/c1-23-13-19-27(20-14-23)35(30,31)33-22-10-5-3-2-4-9-21-32-25-17-15-24(16-18-25)28(29)34-26-11-7-6-8-12-26/h6-8,11-20H,2-5,9-10,21-22H2,1H3. The molecule has 0 fully saturated rings. The van der Waals surface area contributed by atoms with Crippen molar-refractivity contribution in [3.63, 3.8) is 0 Å². The number of carbonyl (C=O) groups excluding carboxylic acids is 1.